The summed E-state index contributed by atoms with van der Waals surface area (Å²) in [6.45, 7) is 6.08. The smallest absolute Gasteiger partial charge is 0.366 e. The Morgan fingerprint density at radius 2 is 1.88 bits per heavy atom. The molecule has 2 N–H and O–H groups in total. The molecule has 8 heteroatoms. The molecular formula is C25H25F3N4O. The molecule has 1 saturated heterocycles. The molecule has 172 valence electrons. The van der Waals surface area contributed by atoms with Gasteiger partial charge in [-0.3, -0.25) is 4.79 Å². The van der Waals surface area contributed by atoms with Gasteiger partial charge in [-0.2, -0.15) is 13.2 Å². The number of alkyl halides is 3. The second-order valence-electron chi connectivity index (χ2n) is 8.34. The summed E-state index contributed by atoms with van der Waals surface area (Å²) in [6.07, 6.45) is -2.86. The number of hydrogen-bond acceptors (Lipinski definition) is 4. The molecule has 1 aliphatic rings. The van der Waals surface area contributed by atoms with Crippen molar-refractivity contribution in [2.45, 2.75) is 26.1 Å². The van der Waals surface area contributed by atoms with Gasteiger partial charge in [-0.15, -0.1) is 0 Å². The van der Waals surface area contributed by atoms with Gasteiger partial charge in [0, 0.05) is 37.6 Å². The number of pyridine rings is 1. The summed E-state index contributed by atoms with van der Waals surface area (Å²) < 4.78 is 39.1. The number of benzene rings is 2. The Morgan fingerprint density at radius 1 is 1.09 bits per heavy atom. The quantitative estimate of drug-likeness (QED) is 0.610. The Kier molecular flexibility index (Phi) is 6.01. The van der Waals surface area contributed by atoms with E-state index in [4.69, 9.17) is 5.73 Å². The molecule has 2 heterocycles. The van der Waals surface area contributed by atoms with E-state index in [-0.39, 0.29) is 6.04 Å². The molecule has 0 spiro atoms. The zero-order valence-corrected chi connectivity index (χ0v) is 18.4. The molecule has 1 atom stereocenters. The third-order valence-electron chi connectivity index (χ3n) is 6.03. The van der Waals surface area contributed by atoms with Crippen LogP contribution in [0.15, 0.2) is 60.8 Å². The van der Waals surface area contributed by atoms with Crippen LogP contribution in [0.3, 0.4) is 0 Å². The van der Waals surface area contributed by atoms with Gasteiger partial charge < -0.3 is 15.5 Å². The van der Waals surface area contributed by atoms with E-state index in [1.165, 1.54) is 12.3 Å². The maximum atomic E-state index is 13.0. The lowest BCUT2D eigenvalue weighted by atomic mass is 9.97. The third kappa shape index (κ3) is 4.79. The van der Waals surface area contributed by atoms with E-state index in [9.17, 15) is 18.0 Å². The molecule has 0 radical (unpaired) electrons. The average molecular weight is 454 g/mol. The minimum absolute atomic E-state index is 0.181. The number of amides is 1. The van der Waals surface area contributed by atoms with Crippen molar-refractivity contribution in [2.75, 3.05) is 29.4 Å². The van der Waals surface area contributed by atoms with Gasteiger partial charge in [-0.25, -0.2) is 4.98 Å². The topological polar surface area (TPSA) is 62.5 Å². The van der Waals surface area contributed by atoms with Crippen molar-refractivity contribution in [3.8, 4) is 11.1 Å². The standard InChI is InChI=1S/C25H25F3N4O/c1-16-12-20(25(26,27)28)7-8-22(16)18-4-3-5-21(13-18)32-11-10-31(15-17(32)2)23-9-6-19(14-30-23)24(29)33/h3-9,12-14,17H,10-11,15H2,1-2H3,(H2,29,33)/t17-/m0/s1. The number of halogens is 3. The molecule has 0 bridgehead atoms. The number of carbonyl (C=O) groups is 1. The van der Waals surface area contributed by atoms with Crippen molar-refractivity contribution >= 4 is 17.4 Å². The van der Waals surface area contributed by atoms with Crippen LogP contribution in [-0.4, -0.2) is 36.6 Å². The monoisotopic (exact) mass is 454 g/mol. The SMILES string of the molecule is Cc1cc(C(F)(F)F)ccc1-c1cccc(N2CCN(c3ccc(C(N)=O)cn3)C[C@@H]2C)c1. The molecule has 1 aromatic heterocycles. The molecule has 5 nitrogen and oxygen atoms in total. The van der Waals surface area contributed by atoms with Gasteiger partial charge >= 0.3 is 6.18 Å². The van der Waals surface area contributed by atoms with Crippen LogP contribution in [0.25, 0.3) is 11.1 Å². The van der Waals surface area contributed by atoms with Crippen molar-refractivity contribution in [1.29, 1.82) is 0 Å². The Balaban J connectivity index is 1.52. The van der Waals surface area contributed by atoms with E-state index in [2.05, 4.69) is 21.7 Å². The molecule has 3 aromatic rings. The molecular weight excluding hydrogens is 429 g/mol. The van der Waals surface area contributed by atoms with E-state index >= 15 is 0 Å². The lowest BCUT2D eigenvalue weighted by Gasteiger charge is -2.42. The fraction of sp³-hybridized carbons (Fsp3) is 0.280. The Morgan fingerprint density at radius 3 is 2.48 bits per heavy atom. The predicted octanol–water partition coefficient (Wildman–Crippen LogP) is 4.89. The van der Waals surface area contributed by atoms with Crippen LogP contribution < -0.4 is 15.5 Å². The minimum Gasteiger partial charge on any atom is -0.366 e. The molecule has 0 unspecified atom stereocenters. The molecule has 0 aliphatic carbocycles. The summed E-state index contributed by atoms with van der Waals surface area (Å²) in [5.41, 5.74) is 8.31. The summed E-state index contributed by atoms with van der Waals surface area (Å²) >= 11 is 0. The van der Waals surface area contributed by atoms with E-state index in [0.29, 0.717) is 11.1 Å². The van der Waals surface area contributed by atoms with Crippen LogP contribution in [0.2, 0.25) is 0 Å². The molecule has 2 aromatic carbocycles. The summed E-state index contributed by atoms with van der Waals surface area (Å²) in [7, 11) is 0. The number of aryl methyl sites for hydroxylation is 1. The molecule has 4 rings (SSSR count). The predicted molar refractivity (Wildman–Crippen MR) is 123 cm³/mol. The van der Waals surface area contributed by atoms with Crippen molar-refractivity contribution < 1.29 is 18.0 Å². The largest absolute Gasteiger partial charge is 0.416 e. The average Bonchev–Trinajstić information content (AvgIpc) is 2.78. The van der Waals surface area contributed by atoms with Gasteiger partial charge in [-0.1, -0.05) is 18.2 Å². The number of hydrogen-bond donors (Lipinski definition) is 1. The third-order valence-corrected chi connectivity index (χ3v) is 6.03. The number of anilines is 2. The van der Waals surface area contributed by atoms with Crippen LogP contribution >= 0.6 is 0 Å². The Bertz CT molecular complexity index is 1160. The van der Waals surface area contributed by atoms with Gasteiger partial charge in [0.2, 0.25) is 5.91 Å². The lowest BCUT2D eigenvalue weighted by Crippen LogP contribution is -2.52. The van der Waals surface area contributed by atoms with Crippen LogP contribution in [0, 0.1) is 6.92 Å². The van der Waals surface area contributed by atoms with E-state index in [1.807, 2.05) is 24.3 Å². The van der Waals surface area contributed by atoms with Gasteiger partial charge in [0.15, 0.2) is 0 Å². The fourth-order valence-corrected chi connectivity index (χ4v) is 4.28. The second-order valence-corrected chi connectivity index (χ2v) is 8.34. The number of piperazine rings is 1. The number of primary amides is 1. The minimum atomic E-state index is -4.35. The second kappa shape index (κ2) is 8.77. The first-order valence-electron chi connectivity index (χ1n) is 10.7. The van der Waals surface area contributed by atoms with Crippen molar-refractivity contribution in [1.82, 2.24) is 4.98 Å². The Labute approximate surface area is 190 Å². The van der Waals surface area contributed by atoms with Crippen molar-refractivity contribution in [2.24, 2.45) is 5.73 Å². The van der Waals surface area contributed by atoms with E-state index in [1.54, 1.807) is 25.1 Å². The highest BCUT2D eigenvalue weighted by molar-refractivity contribution is 5.92. The zero-order valence-electron chi connectivity index (χ0n) is 18.4. The molecule has 1 fully saturated rings. The summed E-state index contributed by atoms with van der Waals surface area (Å²) in [5, 5.41) is 0. The van der Waals surface area contributed by atoms with Gasteiger partial charge in [-0.05, 0) is 66.9 Å². The highest BCUT2D eigenvalue weighted by atomic mass is 19.4. The maximum absolute atomic E-state index is 13.0. The van der Waals surface area contributed by atoms with Gasteiger partial charge in [0.1, 0.15) is 5.82 Å². The van der Waals surface area contributed by atoms with Gasteiger partial charge in [0.05, 0.1) is 11.1 Å². The number of rotatable bonds is 4. The maximum Gasteiger partial charge on any atom is 0.416 e. The molecule has 33 heavy (non-hydrogen) atoms. The zero-order chi connectivity index (χ0) is 23.8. The number of nitrogens with two attached hydrogens (primary N) is 1. The van der Waals surface area contributed by atoms with E-state index in [0.717, 1.165) is 48.3 Å². The van der Waals surface area contributed by atoms with E-state index < -0.39 is 17.6 Å². The number of nitrogens with zero attached hydrogens (tertiary/aromatic N) is 3. The molecule has 1 amide bonds. The summed E-state index contributed by atoms with van der Waals surface area (Å²) in [5.74, 6) is 0.288. The fourth-order valence-electron chi connectivity index (χ4n) is 4.28. The normalized spacial score (nSPS) is 16.7. The van der Waals surface area contributed by atoms with Crippen LogP contribution in [0.4, 0.5) is 24.7 Å². The lowest BCUT2D eigenvalue weighted by molar-refractivity contribution is -0.137. The number of carbonyl (C=O) groups excluding carboxylic acids is 1. The highest BCUT2D eigenvalue weighted by Crippen LogP contribution is 2.34. The first-order valence-corrected chi connectivity index (χ1v) is 10.7. The van der Waals surface area contributed by atoms with Crippen LogP contribution in [0.5, 0.6) is 0 Å². The van der Waals surface area contributed by atoms with Gasteiger partial charge in [0.25, 0.3) is 0 Å². The van der Waals surface area contributed by atoms with Crippen LogP contribution in [-0.2, 0) is 6.18 Å². The highest BCUT2D eigenvalue weighted by Gasteiger charge is 2.31. The first kappa shape index (κ1) is 22.6. The summed E-state index contributed by atoms with van der Waals surface area (Å²) in [6, 6.07) is 15.4. The van der Waals surface area contributed by atoms with Crippen molar-refractivity contribution in [3.05, 3.63) is 77.5 Å². The van der Waals surface area contributed by atoms with Crippen molar-refractivity contribution in [3.63, 3.8) is 0 Å². The number of aromatic nitrogens is 1. The molecule has 1 aliphatic heterocycles. The summed E-state index contributed by atoms with van der Waals surface area (Å²) in [4.78, 5) is 20.1. The Hall–Kier alpha value is -3.55. The molecule has 0 saturated carbocycles. The first-order chi connectivity index (χ1) is 15.6. The van der Waals surface area contributed by atoms with Crippen LogP contribution in [0.1, 0.15) is 28.4 Å².